The highest BCUT2D eigenvalue weighted by Crippen LogP contribution is 2.51. The van der Waals surface area contributed by atoms with Gasteiger partial charge in [-0.1, -0.05) is 72.9 Å². The fourth-order valence-corrected chi connectivity index (χ4v) is 5.46. The summed E-state index contributed by atoms with van der Waals surface area (Å²) in [6.07, 6.45) is 0. The summed E-state index contributed by atoms with van der Waals surface area (Å²) >= 11 is 0. The molecule has 0 spiro atoms. The molecule has 1 aromatic rings. The van der Waals surface area contributed by atoms with Crippen LogP contribution in [0.25, 0.3) is 0 Å². The maximum Gasteiger partial charge on any atom is -0.0137 e. The smallest absolute Gasteiger partial charge is 0.0137 e. The fraction of sp³-hybridized carbons (Fsp3) is 0.538. The second-order valence-electron chi connectivity index (χ2n) is 4.97. The Morgan fingerprint density at radius 2 is 1.50 bits per heavy atom. The lowest BCUT2D eigenvalue weighted by atomic mass is 10.3. The van der Waals surface area contributed by atoms with E-state index < -0.39 is 0 Å². The molecule has 0 aliphatic heterocycles. The summed E-state index contributed by atoms with van der Waals surface area (Å²) in [6.45, 7) is 11.7. The van der Waals surface area contributed by atoms with Gasteiger partial charge in [-0.3, -0.25) is 0 Å². The van der Waals surface area contributed by atoms with Crippen molar-refractivity contribution in [3.8, 4) is 0 Å². The summed E-state index contributed by atoms with van der Waals surface area (Å²) in [5.74, 6) is 0. The average molecular weight is 208 g/mol. The molecule has 1 aromatic carbocycles. The van der Waals surface area contributed by atoms with Gasteiger partial charge in [0.25, 0.3) is 0 Å². The van der Waals surface area contributed by atoms with Gasteiger partial charge < -0.3 is 0 Å². The lowest BCUT2D eigenvalue weighted by molar-refractivity contribution is 0.776. The van der Waals surface area contributed by atoms with Crippen molar-refractivity contribution in [2.75, 3.05) is 0 Å². The number of rotatable bonds is 2. The molecule has 0 aromatic heterocycles. The van der Waals surface area contributed by atoms with Crippen LogP contribution in [0.15, 0.2) is 30.3 Å². The summed E-state index contributed by atoms with van der Waals surface area (Å²) in [5, 5.41) is 1.94. The van der Waals surface area contributed by atoms with Crippen molar-refractivity contribution in [1.82, 2.24) is 0 Å². The van der Waals surface area contributed by atoms with E-state index in [2.05, 4.69) is 65.0 Å². The Morgan fingerprint density at radius 3 is 1.86 bits per heavy atom. The lowest BCUT2D eigenvalue weighted by Crippen LogP contribution is -2.24. The molecule has 0 radical (unpaired) electrons. The Bertz CT molecular complexity index is 269. The molecule has 0 aliphatic carbocycles. The van der Waals surface area contributed by atoms with Gasteiger partial charge in [-0.15, -0.1) is 0 Å². The van der Waals surface area contributed by atoms with Gasteiger partial charge in [0.15, 0.2) is 0 Å². The van der Waals surface area contributed by atoms with Gasteiger partial charge in [-0.25, -0.2) is 0 Å². The molecule has 14 heavy (non-hydrogen) atoms. The third-order valence-corrected chi connectivity index (χ3v) is 5.61. The van der Waals surface area contributed by atoms with Gasteiger partial charge in [0.2, 0.25) is 0 Å². The molecule has 0 bridgehead atoms. The topological polar surface area (TPSA) is 0 Å². The molecular weight excluding hydrogens is 187 g/mol. The van der Waals surface area contributed by atoms with Crippen LogP contribution in [-0.4, -0.2) is 10.8 Å². The summed E-state index contributed by atoms with van der Waals surface area (Å²) in [4.78, 5) is 0. The number of hydrogen-bond acceptors (Lipinski definition) is 0. The monoisotopic (exact) mass is 208 g/mol. The minimum Gasteiger partial charge on any atom is -0.0672 e. The zero-order valence-electron chi connectivity index (χ0n) is 9.91. The quantitative estimate of drug-likeness (QED) is 0.644. The first-order valence-corrected chi connectivity index (χ1v) is 6.68. The predicted octanol–water partition coefficient (Wildman–Crippen LogP) is 4.00. The van der Waals surface area contributed by atoms with Crippen molar-refractivity contribution in [3.63, 3.8) is 0 Å². The second-order valence-corrected chi connectivity index (χ2v) is 8.60. The molecule has 0 heterocycles. The molecule has 0 saturated carbocycles. The Morgan fingerprint density at radius 1 is 1.00 bits per heavy atom. The highest BCUT2D eigenvalue weighted by Gasteiger charge is 2.27. The maximum atomic E-state index is 2.35. The van der Waals surface area contributed by atoms with E-state index in [-0.39, 0.29) is 7.92 Å². The van der Waals surface area contributed by atoms with Gasteiger partial charge in [0, 0.05) is 0 Å². The number of benzene rings is 1. The van der Waals surface area contributed by atoms with E-state index in [9.17, 15) is 0 Å². The average Bonchev–Trinajstić information content (AvgIpc) is 2.02. The molecule has 1 unspecified atom stereocenters. The molecule has 0 N–H and O–H groups in total. The molecule has 1 atom stereocenters. The SMILES string of the molecule is CC(C)P(c1ccccc1)C(C)(C)C. The van der Waals surface area contributed by atoms with Crippen molar-refractivity contribution < 1.29 is 0 Å². The van der Waals surface area contributed by atoms with E-state index in [0.29, 0.717) is 5.16 Å². The molecule has 0 nitrogen and oxygen atoms in total. The first-order chi connectivity index (χ1) is 6.43. The lowest BCUT2D eigenvalue weighted by Gasteiger charge is -2.35. The summed E-state index contributed by atoms with van der Waals surface area (Å²) in [5.41, 5.74) is 0.757. The van der Waals surface area contributed by atoms with E-state index in [1.807, 2.05) is 0 Å². The van der Waals surface area contributed by atoms with Crippen LogP contribution in [0.2, 0.25) is 0 Å². The zero-order valence-corrected chi connectivity index (χ0v) is 10.8. The minimum atomic E-state index is -0.0558. The Labute approximate surface area is 89.5 Å². The van der Waals surface area contributed by atoms with Gasteiger partial charge in [0.05, 0.1) is 0 Å². The van der Waals surface area contributed by atoms with Crippen molar-refractivity contribution in [2.45, 2.75) is 45.4 Å². The third-order valence-electron chi connectivity index (χ3n) is 2.27. The van der Waals surface area contributed by atoms with E-state index in [1.54, 1.807) is 0 Å². The molecule has 0 fully saturated rings. The van der Waals surface area contributed by atoms with Crippen LogP contribution in [0.4, 0.5) is 0 Å². The van der Waals surface area contributed by atoms with Crippen molar-refractivity contribution in [1.29, 1.82) is 0 Å². The van der Waals surface area contributed by atoms with Gasteiger partial charge in [-0.2, -0.15) is 0 Å². The number of hydrogen-bond donors (Lipinski definition) is 0. The first kappa shape index (κ1) is 11.7. The maximum absolute atomic E-state index is 2.35. The second kappa shape index (κ2) is 4.45. The van der Waals surface area contributed by atoms with Crippen LogP contribution in [-0.2, 0) is 0 Å². The molecular formula is C13H21P. The van der Waals surface area contributed by atoms with E-state index in [4.69, 9.17) is 0 Å². The van der Waals surface area contributed by atoms with Crippen molar-refractivity contribution >= 4 is 13.2 Å². The van der Waals surface area contributed by atoms with Crippen LogP contribution < -0.4 is 5.30 Å². The van der Waals surface area contributed by atoms with E-state index >= 15 is 0 Å². The zero-order chi connectivity index (χ0) is 10.8. The molecule has 0 saturated heterocycles. The van der Waals surface area contributed by atoms with Crippen molar-refractivity contribution in [2.24, 2.45) is 0 Å². The van der Waals surface area contributed by atoms with Gasteiger partial charge in [-0.05, 0) is 16.1 Å². The van der Waals surface area contributed by atoms with E-state index in [1.165, 1.54) is 5.30 Å². The van der Waals surface area contributed by atoms with Crippen LogP contribution in [0.1, 0.15) is 34.6 Å². The standard InChI is InChI=1S/C13H21P/c1-11(2)14(13(3,4)5)12-9-7-6-8-10-12/h6-11H,1-5H3. The van der Waals surface area contributed by atoms with Crippen molar-refractivity contribution in [3.05, 3.63) is 30.3 Å². The third kappa shape index (κ3) is 2.82. The van der Waals surface area contributed by atoms with Crippen LogP contribution in [0, 0.1) is 0 Å². The van der Waals surface area contributed by atoms with E-state index in [0.717, 1.165) is 5.66 Å². The minimum absolute atomic E-state index is 0.0558. The largest absolute Gasteiger partial charge is 0.0672 e. The van der Waals surface area contributed by atoms with Gasteiger partial charge in [0.1, 0.15) is 0 Å². The van der Waals surface area contributed by atoms with Gasteiger partial charge >= 0.3 is 0 Å². The first-order valence-electron chi connectivity index (χ1n) is 5.27. The van der Waals surface area contributed by atoms with Crippen LogP contribution in [0.3, 0.4) is 0 Å². The molecule has 1 heteroatoms. The molecule has 0 amide bonds. The summed E-state index contributed by atoms with van der Waals surface area (Å²) < 4.78 is 0. The van der Waals surface area contributed by atoms with Crippen LogP contribution >= 0.6 is 7.92 Å². The molecule has 0 aliphatic rings. The highest BCUT2D eigenvalue weighted by atomic mass is 31.1. The summed E-state index contributed by atoms with van der Waals surface area (Å²) in [7, 11) is -0.0558. The van der Waals surface area contributed by atoms with Crippen LogP contribution in [0.5, 0.6) is 0 Å². The Hall–Kier alpha value is -0.350. The Kier molecular flexibility index (Phi) is 3.72. The summed E-state index contributed by atoms with van der Waals surface area (Å²) in [6, 6.07) is 10.9. The fourth-order valence-electron chi connectivity index (χ4n) is 2.05. The predicted molar refractivity (Wildman–Crippen MR) is 67.9 cm³/mol. The Balaban J connectivity index is 3.02. The highest BCUT2D eigenvalue weighted by molar-refractivity contribution is 7.67. The normalized spacial score (nSPS) is 14.4. The molecule has 1 rings (SSSR count). The molecule has 78 valence electrons.